The second-order valence-electron chi connectivity index (χ2n) is 5.08. The van der Waals surface area contributed by atoms with Crippen molar-refractivity contribution in [3.05, 3.63) is 64.1 Å². The molecule has 2 rings (SSSR count). The molecule has 0 radical (unpaired) electrons. The van der Waals surface area contributed by atoms with Crippen LogP contribution in [-0.4, -0.2) is 18.9 Å². The van der Waals surface area contributed by atoms with Gasteiger partial charge in [-0.3, -0.25) is 0 Å². The molecule has 0 aliphatic rings. The van der Waals surface area contributed by atoms with E-state index in [1.807, 2.05) is 30.3 Å². The number of hydrogen-bond acceptors (Lipinski definition) is 1. The number of rotatable bonds is 6. The molecular weight excluding hydrogens is 371 g/mol. The normalized spacial score (nSPS) is 11.4. The lowest BCUT2D eigenvalue weighted by Crippen LogP contribution is -2.33. The second-order valence-corrected chi connectivity index (χ2v) is 6.53. The van der Waals surface area contributed by atoms with E-state index in [-0.39, 0.29) is 5.41 Å². The van der Waals surface area contributed by atoms with Gasteiger partial charge >= 0.3 is 0 Å². The highest BCUT2D eigenvalue weighted by atomic mass is 79.9. The van der Waals surface area contributed by atoms with Gasteiger partial charge in [-0.1, -0.05) is 40.2 Å². The van der Waals surface area contributed by atoms with Crippen LogP contribution in [0.1, 0.15) is 11.1 Å². The Kier molecular flexibility index (Phi) is 5.98. The molecule has 0 bridgehead atoms. The first-order valence-electron chi connectivity index (χ1n) is 6.64. The van der Waals surface area contributed by atoms with Crippen molar-refractivity contribution in [2.24, 2.45) is 0 Å². The summed E-state index contributed by atoms with van der Waals surface area (Å²) in [5.41, 5.74) is 2.04. The molecule has 21 heavy (non-hydrogen) atoms. The van der Waals surface area contributed by atoms with Gasteiger partial charge in [0.2, 0.25) is 0 Å². The number of benzene rings is 2. The predicted molar refractivity (Wildman–Crippen MR) is 94.0 cm³/mol. The predicted octanol–water partition coefficient (Wildman–Crippen LogP) is 5.42. The highest BCUT2D eigenvalue weighted by molar-refractivity contribution is 9.10. The minimum absolute atomic E-state index is 0.282. The Bertz CT molecular complexity index is 580. The molecule has 0 saturated carbocycles. The van der Waals surface area contributed by atoms with E-state index in [0.717, 1.165) is 22.2 Å². The van der Waals surface area contributed by atoms with Gasteiger partial charge in [-0.2, -0.15) is 0 Å². The van der Waals surface area contributed by atoms with Crippen LogP contribution in [-0.2, 0) is 11.8 Å². The lowest BCUT2D eigenvalue weighted by molar-refractivity contribution is 0.413. The molecule has 0 fully saturated rings. The zero-order chi connectivity index (χ0) is 15.3. The summed E-state index contributed by atoms with van der Waals surface area (Å²) in [6.07, 6.45) is 0.777. The SMILES string of the molecule is COc1cccc(CC(CCl)(CCl)c2ccc(Br)cc2)c1. The number of methoxy groups -OCH3 is 1. The van der Waals surface area contributed by atoms with Crippen molar-refractivity contribution in [1.29, 1.82) is 0 Å². The Morgan fingerprint density at radius 3 is 2.29 bits per heavy atom. The van der Waals surface area contributed by atoms with E-state index in [4.69, 9.17) is 27.9 Å². The van der Waals surface area contributed by atoms with E-state index in [2.05, 4.69) is 34.1 Å². The Balaban J connectivity index is 2.35. The van der Waals surface area contributed by atoms with E-state index in [1.165, 1.54) is 5.56 Å². The zero-order valence-corrected chi connectivity index (χ0v) is 14.9. The number of hydrogen-bond donors (Lipinski definition) is 0. The smallest absolute Gasteiger partial charge is 0.119 e. The van der Waals surface area contributed by atoms with Gasteiger partial charge in [-0.15, -0.1) is 23.2 Å². The third-order valence-electron chi connectivity index (χ3n) is 3.64. The van der Waals surface area contributed by atoms with Gasteiger partial charge in [0.15, 0.2) is 0 Å². The van der Waals surface area contributed by atoms with Crippen molar-refractivity contribution < 1.29 is 4.74 Å². The maximum atomic E-state index is 6.29. The molecule has 2 aromatic carbocycles. The number of alkyl halides is 2. The van der Waals surface area contributed by atoms with Crippen LogP contribution in [0.2, 0.25) is 0 Å². The van der Waals surface area contributed by atoms with Gasteiger partial charge in [0.1, 0.15) is 5.75 Å². The fourth-order valence-corrected chi connectivity index (χ4v) is 3.41. The molecule has 112 valence electrons. The molecule has 0 saturated heterocycles. The molecule has 0 spiro atoms. The van der Waals surface area contributed by atoms with Gasteiger partial charge in [0.05, 0.1) is 7.11 Å². The fourth-order valence-electron chi connectivity index (χ4n) is 2.36. The van der Waals surface area contributed by atoms with Crippen molar-refractivity contribution in [2.45, 2.75) is 11.8 Å². The second kappa shape index (κ2) is 7.53. The maximum absolute atomic E-state index is 6.29. The first kappa shape index (κ1) is 16.7. The third kappa shape index (κ3) is 3.94. The van der Waals surface area contributed by atoms with E-state index >= 15 is 0 Å². The Labute approximate surface area is 144 Å². The van der Waals surface area contributed by atoms with Crippen molar-refractivity contribution in [2.75, 3.05) is 18.9 Å². The zero-order valence-electron chi connectivity index (χ0n) is 11.8. The topological polar surface area (TPSA) is 9.23 Å². The molecule has 0 unspecified atom stereocenters. The van der Waals surface area contributed by atoms with Crippen molar-refractivity contribution >= 4 is 39.1 Å². The summed E-state index contributed by atoms with van der Waals surface area (Å²) in [7, 11) is 1.67. The highest BCUT2D eigenvalue weighted by Crippen LogP contribution is 2.33. The molecule has 4 heteroatoms. The van der Waals surface area contributed by atoms with Crippen LogP contribution in [0.5, 0.6) is 5.75 Å². The fraction of sp³-hybridized carbons (Fsp3) is 0.294. The molecule has 2 aromatic rings. The van der Waals surface area contributed by atoms with Crippen LogP contribution in [0.3, 0.4) is 0 Å². The van der Waals surface area contributed by atoms with E-state index in [0.29, 0.717) is 11.8 Å². The van der Waals surface area contributed by atoms with Crippen molar-refractivity contribution in [3.63, 3.8) is 0 Å². The number of ether oxygens (including phenoxy) is 1. The minimum Gasteiger partial charge on any atom is -0.497 e. The first-order valence-corrected chi connectivity index (χ1v) is 8.50. The molecule has 0 aliphatic carbocycles. The summed E-state index contributed by atoms with van der Waals surface area (Å²) >= 11 is 16.0. The van der Waals surface area contributed by atoms with Crippen molar-refractivity contribution in [1.82, 2.24) is 0 Å². The molecule has 0 N–H and O–H groups in total. The molecule has 0 amide bonds. The number of halogens is 3. The summed E-state index contributed by atoms with van der Waals surface area (Å²) in [6.45, 7) is 0. The molecule has 1 nitrogen and oxygen atoms in total. The summed E-state index contributed by atoms with van der Waals surface area (Å²) in [6, 6.07) is 16.2. The average molecular weight is 388 g/mol. The van der Waals surface area contributed by atoms with Crippen LogP contribution in [0.15, 0.2) is 53.0 Å². The standard InChI is InChI=1S/C17H17BrCl2O/c1-21-16-4-2-3-13(9-16)10-17(11-19,12-20)14-5-7-15(18)8-6-14/h2-9H,10-12H2,1H3. The molecule has 0 heterocycles. The Hall–Kier alpha value is -0.700. The molecule has 0 aromatic heterocycles. The summed E-state index contributed by atoms with van der Waals surface area (Å²) < 4.78 is 6.33. The van der Waals surface area contributed by atoms with Crippen LogP contribution < -0.4 is 4.74 Å². The lowest BCUT2D eigenvalue weighted by atomic mass is 9.79. The quantitative estimate of drug-likeness (QED) is 0.601. The van der Waals surface area contributed by atoms with Gasteiger partial charge in [-0.25, -0.2) is 0 Å². The largest absolute Gasteiger partial charge is 0.497 e. The summed E-state index contributed by atoms with van der Waals surface area (Å²) in [5.74, 6) is 1.78. The minimum atomic E-state index is -0.282. The van der Waals surface area contributed by atoms with Crippen LogP contribution in [0, 0.1) is 0 Å². The van der Waals surface area contributed by atoms with Gasteiger partial charge in [-0.05, 0) is 41.8 Å². The van der Waals surface area contributed by atoms with E-state index < -0.39 is 0 Å². The first-order chi connectivity index (χ1) is 10.1. The molecule has 0 aliphatic heterocycles. The Morgan fingerprint density at radius 1 is 1.05 bits per heavy atom. The third-order valence-corrected chi connectivity index (χ3v) is 5.20. The molecule has 0 atom stereocenters. The monoisotopic (exact) mass is 386 g/mol. The van der Waals surface area contributed by atoms with Gasteiger partial charge in [0.25, 0.3) is 0 Å². The van der Waals surface area contributed by atoms with Crippen LogP contribution >= 0.6 is 39.1 Å². The lowest BCUT2D eigenvalue weighted by Gasteiger charge is -2.30. The van der Waals surface area contributed by atoms with Crippen LogP contribution in [0.4, 0.5) is 0 Å². The maximum Gasteiger partial charge on any atom is 0.119 e. The van der Waals surface area contributed by atoms with E-state index in [9.17, 15) is 0 Å². The molecular formula is C17H17BrCl2O. The van der Waals surface area contributed by atoms with Crippen molar-refractivity contribution in [3.8, 4) is 5.75 Å². The van der Waals surface area contributed by atoms with Crippen LogP contribution in [0.25, 0.3) is 0 Å². The summed E-state index contributed by atoms with van der Waals surface area (Å²) in [5, 5.41) is 0. The highest BCUT2D eigenvalue weighted by Gasteiger charge is 2.31. The van der Waals surface area contributed by atoms with Gasteiger partial charge in [0, 0.05) is 21.6 Å². The average Bonchev–Trinajstić information content (AvgIpc) is 2.54. The summed E-state index contributed by atoms with van der Waals surface area (Å²) in [4.78, 5) is 0. The van der Waals surface area contributed by atoms with E-state index in [1.54, 1.807) is 7.11 Å². The van der Waals surface area contributed by atoms with Gasteiger partial charge < -0.3 is 4.74 Å². The Morgan fingerprint density at radius 2 is 1.71 bits per heavy atom.